The van der Waals surface area contributed by atoms with Crippen LogP contribution in [0.5, 0.6) is 0 Å². The second-order valence-corrected chi connectivity index (χ2v) is 6.31. The van der Waals surface area contributed by atoms with Crippen LogP contribution < -0.4 is 0 Å². The van der Waals surface area contributed by atoms with Crippen molar-refractivity contribution in [2.24, 2.45) is 30.7 Å². The summed E-state index contributed by atoms with van der Waals surface area (Å²) < 4.78 is 0. The standard InChI is InChI=1S/C24H18N6/c1-3-9-19(10-4-1)25-27-21-13-7-15-23(17-21)29-30-24-16-8-14-22(18-24)28-26-20-11-5-2-6-12-20/h1-18H. The fourth-order valence-electron chi connectivity index (χ4n) is 2.57. The molecule has 0 saturated carbocycles. The van der Waals surface area contributed by atoms with E-state index >= 15 is 0 Å². The van der Waals surface area contributed by atoms with Gasteiger partial charge >= 0.3 is 0 Å². The van der Waals surface area contributed by atoms with Gasteiger partial charge < -0.3 is 0 Å². The molecule has 4 rings (SSSR count). The molecule has 0 radical (unpaired) electrons. The van der Waals surface area contributed by atoms with Crippen molar-refractivity contribution in [2.45, 2.75) is 0 Å². The Balaban J connectivity index is 1.46. The molecule has 6 heteroatoms. The molecule has 0 saturated heterocycles. The normalized spacial score (nSPS) is 11.6. The van der Waals surface area contributed by atoms with Gasteiger partial charge in [-0.1, -0.05) is 48.5 Å². The molecule has 0 aliphatic rings. The monoisotopic (exact) mass is 390 g/mol. The molecule has 144 valence electrons. The quantitative estimate of drug-likeness (QED) is 0.295. The summed E-state index contributed by atoms with van der Waals surface area (Å²) in [6, 6.07) is 34.0. The fourth-order valence-corrected chi connectivity index (χ4v) is 2.57. The average Bonchev–Trinajstić information content (AvgIpc) is 2.82. The molecule has 0 fully saturated rings. The van der Waals surface area contributed by atoms with Crippen LogP contribution in [0.15, 0.2) is 140 Å². The molecule has 0 heterocycles. The number of hydrogen-bond donors (Lipinski definition) is 0. The second-order valence-electron chi connectivity index (χ2n) is 6.31. The van der Waals surface area contributed by atoms with E-state index in [1.54, 1.807) is 0 Å². The number of nitrogens with zero attached hydrogens (tertiary/aromatic N) is 6. The highest BCUT2D eigenvalue weighted by Gasteiger charge is 1.97. The molecule has 0 N–H and O–H groups in total. The summed E-state index contributed by atoms with van der Waals surface area (Å²) in [6.45, 7) is 0. The van der Waals surface area contributed by atoms with Crippen LogP contribution in [0, 0.1) is 0 Å². The number of hydrogen-bond acceptors (Lipinski definition) is 6. The molecule has 6 nitrogen and oxygen atoms in total. The molecule has 0 atom stereocenters. The molecule has 4 aromatic rings. The van der Waals surface area contributed by atoms with E-state index in [-0.39, 0.29) is 0 Å². The zero-order valence-electron chi connectivity index (χ0n) is 16.1. The predicted molar refractivity (Wildman–Crippen MR) is 118 cm³/mol. The van der Waals surface area contributed by atoms with Crippen molar-refractivity contribution in [1.82, 2.24) is 0 Å². The minimum absolute atomic E-state index is 0.691. The molecule has 0 unspecified atom stereocenters. The summed E-state index contributed by atoms with van der Waals surface area (Å²) in [7, 11) is 0. The third-order valence-electron chi connectivity index (χ3n) is 4.01. The van der Waals surface area contributed by atoms with Gasteiger partial charge in [-0.15, -0.1) is 0 Å². The molecule has 4 aromatic carbocycles. The van der Waals surface area contributed by atoms with E-state index in [4.69, 9.17) is 0 Å². The largest absolute Gasteiger partial charge is 0.151 e. The minimum Gasteiger partial charge on any atom is -0.151 e. The van der Waals surface area contributed by atoms with E-state index in [0.29, 0.717) is 22.7 Å². The predicted octanol–water partition coefficient (Wildman–Crippen LogP) is 8.93. The first kappa shape index (κ1) is 19.0. The lowest BCUT2D eigenvalue weighted by Gasteiger charge is -1.97. The van der Waals surface area contributed by atoms with Crippen LogP contribution in [0.25, 0.3) is 0 Å². The Morgan fingerprint density at radius 3 is 0.867 bits per heavy atom. The van der Waals surface area contributed by atoms with Crippen LogP contribution in [-0.4, -0.2) is 0 Å². The summed E-state index contributed by atoms with van der Waals surface area (Å²) >= 11 is 0. The fraction of sp³-hybridized carbons (Fsp3) is 0. The molecule has 0 bridgehead atoms. The minimum atomic E-state index is 0.691. The van der Waals surface area contributed by atoms with Gasteiger partial charge in [0.15, 0.2) is 0 Å². The molecule has 0 aromatic heterocycles. The molecule has 0 amide bonds. The first-order chi connectivity index (χ1) is 14.8. The van der Waals surface area contributed by atoms with E-state index in [1.165, 1.54) is 0 Å². The Hall–Kier alpha value is -4.32. The van der Waals surface area contributed by atoms with E-state index in [1.807, 2.05) is 109 Å². The second kappa shape index (κ2) is 9.75. The van der Waals surface area contributed by atoms with Gasteiger partial charge in [-0.3, -0.25) is 0 Å². The van der Waals surface area contributed by atoms with Crippen LogP contribution >= 0.6 is 0 Å². The van der Waals surface area contributed by atoms with Crippen molar-refractivity contribution < 1.29 is 0 Å². The van der Waals surface area contributed by atoms with Crippen molar-refractivity contribution in [2.75, 3.05) is 0 Å². The Labute approximate surface area is 174 Å². The maximum absolute atomic E-state index is 4.30. The zero-order valence-corrected chi connectivity index (χ0v) is 16.1. The first-order valence-electron chi connectivity index (χ1n) is 9.41. The summed E-state index contributed by atoms with van der Waals surface area (Å²) in [4.78, 5) is 0. The lowest BCUT2D eigenvalue weighted by atomic mass is 10.3. The number of benzene rings is 4. The lowest BCUT2D eigenvalue weighted by Crippen LogP contribution is -1.68. The van der Waals surface area contributed by atoms with Crippen LogP contribution in [0.4, 0.5) is 34.1 Å². The molecule has 0 aliphatic heterocycles. The summed E-state index contributed by atoms with van der Waals surface area (Å²) in [5.41, 5.74) is 4.39. The Morgan fingerprint density at radius 1 is 0.267 bits per heavy atom. The van der Waals surface area contributed by atoms with Gasteiger partial charge in [0.1, 0.15) is 0 Å². The lowest BCUT2D eigenvalue weighted by molar-refractivity contribution is 1.19. The molecular weight excluding hydrogens is 372 g/mol. The molecule has 0 aliphatic carbocycles. The van der Waals surface area contributed by atoms with Gasteiger partial charge in [0.2, 0.25) is 0 Å². The highest BCUT2D eigenvalue weighted by atomic mass is 15.1. The summed E-state index contributed by atoms with van der Waals surface area (Å²) in [5.74, 6) is 0. The summed E-state index contributed by atoms with van der Waals surface area (Å²) in [5, 5.41) is 25.6. The van der Waals surface area contributed by atoms with E-state index < -0.39 is 0 Å². The van der Waals surface area contributed by atoms with Gasteiger partial charge in [-0.2, -0.15) is 30.7 Å². The third-order valence-corrected chi connectivity index (χ3v) is 4.01. The van der Waals surface area contributed by atoms with Crippen molar-refractivity contribution in [1.29, 1.82) is 0 Å². The van der Waals surface area contributed by atoms with Crippen LogP contribution in [-0.2, 0) is 0 Å². The summed E-state index contributed by atoms with van der Waals surface area (Å²) in [6.07, 6.45) is 0. The van der Waals surface area contributed by atoms with Crippen molar-refractivity contribution in [3.63, 3.8) is 0 Å². The molecule has 30 heavy (non-hydrogen) atoms. The van der Waals surface area contributed by atoms with Gasteiger partial charge in [0.25, 0.3) is 0 Å². The molecular formula is C24H18N6. The first-order valence-corrected chi connectivity index (χ1v) is 9.41. The highest BCUT2D eigenvalue weighted by Crippen LogP contribution is 2.27. The average molecular weight is 390 g/mol. The zero-order chi connectivity index (χ0) is 20.4. The Morgan fingerprint density at radius 2 is 0.533 bits per heavy atom. The molecule has 0 spiro atoms. The number of rotatable bonds is 6. The number of azo groups is 3. The highest BCUT2D eigenvalue weighted by molar-refractivity contribution is 5.52. The van der Waals surface area contributed by atoms with Gasteiger partial charge in [0.05, 0.1) is 34.1 Å². The smallest absolute Gasteiger partial charge is 0.0879 e. The van der Waals surface area contributed by atoms with E-state index in [2.05, 4.69) is 30.7 Å². The van der Waals surface area contributed by atoms with E-state index in [9.17, 15) is 0 Å². The Bertz CT molecular complexity index is 1090. The van der Waals surface area contributed by atoms with Gasteiger partial charge in [-0.25, -0.2) is 0 Å². The van der Waals surface area contributed by atoms with Crippen LogP contribution in [0.1, 0.15) is 0 Å². The van der Waals surface area contributed by atoms with E-state index in [0.717, 1.165) is 11.4 Å². The maximum atomic E-state index is 4.30. The van der Waals surface area contributed by atoms with Gasteiger partial charge in [0, 0.05) is 0 Å². The van der Waals surface area contributed by atoms with Crippen molar-refractivity contribution in [3.05, 3.63) is 109 Å². The van der Waals surface area contributed by atoms with Crippen LogP contribution in [0.3, 0.4) is 0 Å². The van der Waals surface area contributed by atoms with Crippen molar-refractivity contribution >= 4 is 34.1 Å². The maximum Gasteiger partial charge on any atom is 0.0879 e. The third kappa shape index (κ3) is 5.59. The van der Waals surface area contributed by atoms with Crippen LogP contribution in [0.2, 0.25) is 0 Å². The topological polar surface area (TPSA) is 74.2 Å². The SMILES string of the molecule is c1ccc(N=Nc2cccc(N=Nc3cccc(N=Nc4ccccc4)c3)c2)cc1. The Kier molecular flexibility index (Phi) is 6.18. The van der Waals surface area contributed by atoms with Gasteiger partial charge in [-0.05, 0) is 60.7 Å². The van der Waals surface area contributed by atoms with Crippen molar-refractivity contribution in [3.8, 4) is 0 Å².